The van der Waals surface area contributed by atoms with Gasteiger partial charge in [-0.15, -0.1) is 0 Å². The van der Waals surface area contributed by atoms with Gasteiger partial charge in [0.15, 0.2) is 0 Å². The first kappa shape index (κ1) is 35.2. The SMILES string of the molecule is c1ccc(N(c2ccc(-c3ccc(-c4ccc(N(c5ccccc5)c5c6ccccc6cc6ccccc56)cc4)cc3)cc2)c2c3ccccc3cc3ccccc23)cc1. The molecule has 0 N–H and O–H groups in total. The molecule has 2 nitrogen and oxygen atoms in total. The lowest BCUT2D eigenvalue weighted by Crippen LogP contribution is -2.11. The van der Waals surface area contributed by atoms with Gasteiger partial charge in [-0.3, -0.25) is 0 Å². The Morgan fingerprint density at radius 3 is 0.733 bits per heavy atom. The maximum atomic E-state index is 2.41. The molecule has 0 heterocycles. The van der Waals surface area contributed by atoms with Crippen molar-refractivity contribution in [1.82, 2.24) is 0 Å². The van der Waals surface area contributed by atoms with E-state index in [0.717, 1.165) is 22.7 Å². The van der Waals surface area contributed by atoms with Gasteiger partial charge in [0, 0.05) is 44.3 Å². The number of fused-ring (bicyclic) bond motifs is 4. The maximum absolute atomic E-state index is 2.41. The van der Waals surface area contributed by atoms with E-state index in [2.05, 4.69) is 252 Å². The second kappa shape index (κ2) is 15.1. The van der Waals surface area contributed by atoms with Crippen molar-refractivity contribution in [2.24, 2.45) is 0 Å². The number of nitrogens with zero attached hydrogens (tertiary/aromatic N) is 2. The van der Waals surface area contributed by atoms with E-state index < -0.39 is 0 Å². The standard InChI is InChI=1S/C58H40N2/c1-3-19-49(20-4-1)59(57-53-23-11-7-15-45(53)39-46-16-8-12-24-54(46)57)51-35-31-43(32-36-51)41-27-29-42(30-28-41)44-33-37-52(38-34-44)60(50-21-5-2-6-22-50)58-55-25-13-9-17-47(55)40-48-18-10-14-26-56(48)58/h1-40H. The molecule has 0 spiro atoms. The summed E-state index contributed by atoms with van der Waals surface area (Å²) in [7, 11) is 0. The van der Waals surface area contributed by atoms with Crippen molar-refractivity contribution in [2.45, 2.75) is 0 Å². The van der Waals surface area contributed by atoms with Gasteiger partial charge in [0.25, 0.3) is 0 Å². The first-order valence-corrected chi connectivity index (χ1v) is 20.6. The Morgan fingerprint density at radius 2 is 0.433 bits per heavy atom. The van der Waals surface area contributed by atoms with E-state index in [9.17, 15) is 0 Å². The van der Waals surface area contributed by atoms with E-state index in [0.29, 0.717) is 0 Å². The third-order valence-corrected chi connectivity index (χ3v) is 11.8. The van der Waals surface area contributed by atoms with E-state index in [4.69, 9.17) is 0 Å². The Bertz CT molecular complexity index is 2950. The maximum Gasteiger partial charge on any atom is 0.0618 e. The molecule has 0 fully saturated rings. The van der Waals surface area contributed by atoms with Gasteiger partial charge in [0.2, 0.25) is 0 Å². The van der Waals surface area contributed by atoms with Gasteiger partial charge >= 0.3 is 0 Å². The average Bonchev–Trinajstić information content (AvgIpc) is 3.32. The summed E-state index contributed by atoms with van der Waals surface area (Å²) < 4.78 is 0. The average molecular weight is 765 g/mol. The smallest absolute Gasteiger partial charge is 0.0618 e. The summed E-state index contributed by atoms with van der Waals surface area (Å²) in [6, 6.07) is 87.8. The highest BCUT2D eigenvalue weighted by Gasteiger charge is 2.20. The minimum Gasteiger partial charge on any atom is -0.309 e. The minimum absolute atomic E-state index is 1.12. The first-order valence-electron chi connectivity index (χ1n) is 20.6. The Hall–Kier alpha value is -7.94. The molecular formula is C58H40N2. The van der Waals surface area contributed by atoms with Gasteiger partial charge in [-0.2, -0.15) is 0 Å². The van der Waals surface area contributed by atoms with Crippen LogP contribution in [-0.2, 0) is 0 Å². The Balaban J connectivity index is 0.927. The summed E-state index contributed by atoms with van der Waals surface area (Å²) in [6.07, 6.45) is 0. The zero-order chi connectivity index (χ0) is 39.8. The number of hydrogen-bond donors (Lipinski definition) is 0. The van der Waals surface area contributed by atoms with Gasteiger partial charge in [-0.25, -0.2) is 0 Å². The summed E-state index contributed by atoms with van der Waals surface area (Å²) in [5.74, 6) is 0. The lowest BCUT2D eigenvalue weighted by Gasteiger charge is -2.28. The van der Waals surface area contributed by atoms with Gasteiger partial charge < -0.3 is 9.80 Å². The molecule has 11 rings (SSSR count). The van der Waals surface area contributed by atoms with Crippen LogP contribution in [0.4, 0.5) is 34.1 Å². The van der Waals surface area contributed by atoms with Crippen LogP contribution >= 0.6 is 0 Å². The van der Waals surface area contributed by atoms with Crippen LogP contribution in [0.1, 0.15) is 0 Å². The molecule has 11 aromatic carbocycles. The molecule has 60 heavy (non-hydrogen) atoms. The van der Waals surface area contributed by atoms with Gasteiger partial charge in [0.05, 0.1) is 11.4 Å². The monoisotopic (exact) mass is 764 g/mol. The Kier molecular flexibility index (Phi) is 8.87. The van der Waals surface area contributed by atoms with Crippen LogP contribution < -0.4 is 9.80 Å². The largest absolute Gasteiger partial charge is 0.309 e. The lowest BCUT2D eigenvalue weighted by molar-refractivity contribution is 1.31. The highest BCUT2D eigenvalue weighted by atomic mass is 15.2. The lowest BCUT2D eigenvalue weighted by atomic mass is 9.97. The van der Waals surface area contributed by atoms with E-state index in [1.54, 1.807) is 0 Å². The summed E-state index contributed by atoms with van der Waals surface area (Å²) in [5, 5.41) is 9.81. The van der Waals surface area contributed by atoms with E-state index in [1.165, 1.54) is 76.7 Å². The van der Waals surface area contributed by atoms with Crippen LogP contribution in [0.2, 0.25) is 0 Å². The number of para-hydroxylation sites is 2. The molecule has 2 heteroatoms. The summed E-state index contributed by atoms with van der Waals surface area (Å²) in [5.41, 5.74) is 11.6. The summed E-state index contributed by atoms with van der Waals surface area (Å²) >= 11 is 0. The molecule has 0 aliphatic carbocycles. The summed E-state index contributed by atoms with van der Waals surface area (Å²) in [4.78, 5) is 4.81. The highest BCUT2D eigenvalue weighted by Crippen LogP contribution is 2.46. The van der Waals surface area contributed by atoms with Crippen molar-refractivity contribution >= 4 is 77.2 Å². The molecule has 0 saturated carbocycles. The third kappa shape index (κ3) is 6.32. The highest BCUT2D eigenvalue weighted by molar-refractivity contribution is 6.15. The van der Waals surface area contributed by atoms with E-state index >= 15 is 0 Å². The van der Waals surface area contributed by atoms with Gasteiger partial charge in [-0.1, -0.05) is 182 Å². The number of rotatable bonds is 8. The molecule has 0 aromatic heterocycles. The van der Waals surface area contributed by atoms with Crippen LogP contribution in [0, 0.1) is 0 Å². The molecule has 0 saturated heterocycles. The third-order valence-electron chi connectivity index (χ3n) is 11.8. The Labute approximate surface area is 350 Å². The fourth-order valence-electron chi connectivity index (χ4n) is 8.89. The molecule has 0 bridgehead atoms. The van der Waals surface area contributed by atoms with Crippen LogP contribution in [0.25, 0.3) is 65.3 Å². The molecule has 0 amide bonds. The second-order valence-corrected chi connectivity index (χ2v) is 15.3. The normalized spacial score (nSPS) is 11.3. The van der Waals surface area contributed by atoms with E-state index in [-0.39, 0.29) is 0 Å². The van der Waals surface area contributed by atoms with Crippen LogP contribution in [0.3, 0.4) is 0 Å². The molecule has 0 radical (unpaired) electrons. The van der Waals surface area contributed by atoms with Crippen molar-refractivity contribution in [3.05, 3.63) is 243 Å². The van der Waals surface area contributed by atoms with Gasteiger partial charge in [0.1, 0.15) is 0 Å². The van der Waals surface area contributed by atoms with Gasteiger partial charge in [-0.05, 0) is 104 Å². The number of anilines is 6. The Morgan fingerprint density at radius 1 is 0.200 bits per heavy atom. The van der Waals surface area contributed by atoms with E-state index in [1.807, 2.05) is 0 Å². The molecule has 11 aromatic rings. The second-order valence-electron chi connectivity index (χ2n) is 15.3. The predicted octanol–water partition coefficient (Wildman–Crippen LogP) is 16.6. The number of hydrogen-bond acceptors (Lipinski definition) is 2. The van der Waals surface area contributed by atoms with Crippen molar-refractivity contribution in [3.63, 3.8) is 0 Å². The quantitative estimate of drug-likeness (QED) is 0.142. The molecule has 0 aliphatic rings. The fourth-order valence-corrected chi connectivity index (χ4v) is 8.89. The predicted molar refractivity (Wildman–Crippen MR) is 257 cm³/mol. The molecule has 0 unspecified atom stereocenters. The van der Waals surface area contributed by atoms with Crippen molar-refractivity contribution < 1.29 is 0 Å². The topological polar surface area (TPSA) is 6.48 Å². The molecule has 0 aliphatic heterocycles. The zero-order valence-electron chi connectivity index (χ0n) is 33.0. The van der Waals surface area contributed by atoms with Crippen molar-refractivity contribution in [1.29, 1.82) is 0 Å². The molecular weight excluding hydrogens is 725 g/mol. The molecule has 0 atom stereocenters. The first-order chi connectivity index (χ1) is 29.8. The fraction of sp³-hybridized carbons (Fsp3) is 0. The number of benzene rings is 11. The van der Waals surface area contributed by atoms with Crippen molar-refractivity contribution in [2.75, 3.05) is 9.80 Å². The minimum atomic E-state index is 1.12. The van der Waals surface area contributed by atoms with Crippen LogP contribution in [-0.4, -0.2) is 0 Å². The van der Waals surface area contributed by atoms with Crippen LogP contribution in [0.5, 0.6) is 0 Å². The summed E-state index contributed by atoms with van der Waals surface area (Å²) in [6.45, 7) is 0. The van der Waals surface area contributed by atoms with Crippen molar-refractivity contribution in [3.8, 4) is 22.3 Å². The van der Waals surface area contributed by atoms with Crippen LogP contribution in [0.15, 0.2) is 243 Å². The molecule has 282 valence electrons. The zero-order valence-corrected chi connectivity index (χ0v) is 33.0.